The lowest BCUT2D eigenvalue weighted by Gasteiger charge is -2.19. The highest BCUT2D eigenvalue weighted by Crippen LogP contribution is 2.29. The zero-order valence-electron chi connectivity index (χ0n) is 11.4. The van der Waals surface area contributed by atoms with Gasteiger partial charge in [0.25, 0.3) is 0 Å². The van der Waals surface area contributed by atoms with Gasteiger partial charge in [0.1, 0.15) is 11.6 Å². The monoisotopic (exact) mass is 416 g/mol. The second-order valence-electron chi connectivity index (χ2n) is 4.52. The quantitative estimate of drug-likeness (QED) is 0.568. The Kier molecular flexibility index (Phi) is 5.75. The van der Waals surface area contributed by atoms with Gasteiger partial charge in [0.05, 0.1) is 17.6 Å². The summed E-state index contributed by atoms with van der Waals surface area (Å²) in [4.78, 5) is 0. The Balaban J connectivity index is 2.33. The van der Waals surface area contributed by atoms with Gasteiger partial charge >= 0.3 is 0 Å². The van der Waals surface area contributed by atoms with Crippen LogP contribution in [0.4, 0.5) is 4.39 Å². The molecule has 0 aliphatic heterocycles. The first-order chi connectivity index (χ1) is 10.1. The van der Waals surface area contributed by atoms with Crippen molar-refractivity contribution < 1.29 is 9.13 Å². The minimum Gasteiger partial charge on any atom is -0.497 e. The molecule has 0 amide bonds. The van der Waals surface area contributed by atoms with Gasteiger partial charge in [-0.05, 0) is 52.2 Å². The van der Waals surface area contributed by atoms with Crippen LogP contribution in [0.1, 0.15) is 17.2 Å². The Hall–Kier alpha value is -0.950. The smallest absolute Gasteiger partial charge is 0.142 e. The molecule has 2 rings (SSSR count). The molecule has 0 fully saturated rings. The molecule has 0 radical (unpaired) electrons. The first kappa shape index (κ1) is 16.4. The van der Waals surface area contributed by atoms with Crippen LogP contribution in [-0.4, -0.2) is 7.11 Å². The SMILES string of the molecule is COc1ccc(Br)c(CC(NN)c2cccc(Br)c2F)c1. The number of hydrogen-bond acceptors (Lipinski definition) is 3. The van der Waals surface area contributed by atoms with Crippen molar-refractivity contribution in [2.45, 2.75) is 12.5 Å². The van der Waals surface area contributed by atoms with Crippen molar-refractivity contribution in [3.63, 3.8) is 0 Å². The van der Waals surface area contributed by atoms with Crippen molar-refractivity contribution in [2.24, 2.45) is 5.84 Å². The van der Waals surface area contributed by atoms with E-state index >= 15 is 0 Å². The number of halogens is 3. The van der Waals surface area contributed by atoms with Crippen molar-refractivity contribution in [2.75, 3.05) is 7.11 Å². The molecule has 2 aromatic rings. The second-order valence-corrected chi connectivity index (χ2v) is 6.23. The van der Waals surface area contributed by atoms with Crippen molar-refractivity contribution in [3.05, 3.63) is 62.3 Å². The lowest BCUT2D eigenvalue weighted by atomic mass is 9.99. The van der Waals surface area contributed by atoms with Gasteiger partial charge in [0.15, 0.2) is 0 Å². The van der Waals surface area contributed by atoms with E-state index in [9.17, 15) is 4.39 Å². The highest BCUT2D eigenvalue weighted by Gasteiger charge is 2.18. The number of ether oxygens (including phenoxy) is 1. The third kappa shape index (κ3) is 3.83. The fourth-order valence-electron chi connectivity index (χ4n) is 2.10. The molecule has 21 heavy (non-hydrogen) atoms. The summed E-state index contributed by atoms with van der Waals surface area (Å²) < 4.78 is 20.8. The predicted molar refractivity (Wildman–Crippen MR) is 88.6 cm³/mol. The molecule has 0 spiro atoms. The van der Waals surface area contributed by atoms with Crippen LogP contribution in [0.3, 0.4) is 0 Å². The summed E-state index contributed by atoms with van der Waals surface area (Å²) in [5.41, 5.74) is 4.18. The molecule has 2 aromatic carbocycles. The van der Waals surface area contributed by atoms with Gasteiger partial charge in [-0.3, -0.25) is 11.3 Å². The zero-order valence-corrected chi connectivity index (χ0v) is 14.5. The first-order valence-corrected chi connectivity index (χ1v) is 7.88. The molecule has 1 atom stereocenters. The van der Waals surface area contributed by atoms with Crippen molar-refractivity contribution >= 4 is 31.9 Å². The number of methoxy groups -OCH3 is 1. The summed E-state index contributed by atoms with van der Waals surface area (Å²) in [6.45, 7) is 0. The van der Waals surface area contributed by atoms with E-state index in [1.807, 2.05) is 18.2 Å². The Morgan fingerprint density at radius 3 is 2.67 bits per heavy atom. The highest BCUT2D eigenvalue weighted by atomic mass is 79.9. The number of hydrogen-bond donors (Lipinski definition) is 2. The minimum absolute atomic E-state index is 0.306. The average molecular weight is 418 g/mol. The summed E-state index contributed by atoms with van der Waals surface area (Å²) in [5.74, 6) is 6.06. The van der Waals surface area contributed by atoms with E-state index in [2.05, 4.69) is 37.3 Å². The maximum absolute atomic E-state index is 14.2. The number of hydrazine groups is 1. The van der Waals surface area contributed by atoms with Gasteiger partial charge < -0.3 is 4.74 Å². The molecule has 0 saturated heterocycles. The van der Waals surface area contributed by atoms with Crippen LogP contribution in [0.5, 0.6) is 5.75 Å². The first-order valence-electron chi connectivity index (χ1n) is 6.29. The number of nitrogens with two attached hydrogens (primary N) is 1. The van der Waals surface area contributed by atoms with Crippen molar-refractivity contribution in [1.29, 1.82) is 0 Å². The van der Waals surface area contributed by atoms with Crippen molar-refractivity contribution in [1.82, 2.24) is 5.43 Å². The lowest BCUT2D eigenvalue weighted by molar-refractivity contribution is 0.413. The van der Waals surface area contributed by atoms with Gasteiger partial charge in [-0.25, -0.2) is 4.39 Å². The van der Waals surface area contributed by atoms with E-state index in [1.165, 1.54) is 0 Å². The van der Waals surface area contributed by atoms with Crippen LogP contribution in [0.15, 0.2) is 45.3 Å². The fourth-order valence-corrected chi connectivity index (χ4v) is 2.89. The van der Waals surface area contributed by atoms with Crippen LogP contribution < -0.4 is 16.0 Å². The Labute approximate surface area is 139 Å². The molecule has 0 heterocycles. The minimum atomic E-state index is -0.342. The van der Waals surface area contributed by atoms with Crippen LogP contribution in [0.2, 0.25) is 0 Å². The van der Waals surface area contributed by atoms with E-state index in [4.69, 9.17) is 10.6 Å². The summed E-state index contributed by atoms with van der Waals surface area (Å²) in [5, 5.41) is 0. The molecule has 0 aromatic heterocycles. The number of nitrogens with one attached hydrogen (secondary N) is 1. The Morgan fingerprint density at radius 2 is 2.00 bits per heavy atom. The van der Waals surface area contributed by atoms with Crippen molar-refractivity contribution in [3.8, 4) is 5.75 Å². The van der Waals surface area contributed by atoms with Gasteiger partial charge in [-0.15, -0.1) is 0 Å². The van der Waals surface area contributed by atoms with Crippen LogP contribution in [0, 0.1) is 5.82 Å². The molecule has 0 bridgehead atoms. The summed E-state index contributed by atoms with van der Waals surface area (Å²) in [6.07, 6.45) is 0.529. The van der Waals surface area contributed by atoms with Crippen LogP contribution >= 0.6 is 31.9 Å². The van der Waals surface area contributed by atoms with Crippen LogP contribution in [0.25, 0.3) is 0 Å². The predicted octanol–water partition coefficient (Wildman–Crippen LogP) is 4.11. The summed E-state index contributed by atoms with van der Waals surface area (Å²) >= 11 is 6.69. The Morgan fingerprint density at radius 1 is 1.24 bits per heavy atom. The second kappa shape index (κ2) is 7.35. The Bertz CT molecular complexity index is 637. The van der Waals surface area contributed by atoms with E-state index in [-0.39, 0.29) is 11.9 Å². The number of benzene rings is 2. The topological polar surface area (TPSA) is 47.3 Å². The highest BCUT2D eigenvalue weighted by molar-refractivity contribution is 9.10. The van der Waals surface area contributed by atoms with Gasteiger partial charge in [0, 0.05) is 10.0 Å². The van der Waals surface area contributed by atoms with E-state index in [0.717, 1.165) is 15.8 Å². The molecule has 1 unspecified atom stereocenters. The maximum atomic E-state index is 14.2. The molecule has 3 N–H and O–H groups in total. The molecule has 0 aliphatic rings. The number of rotatable bonds is 5. The average Bonchev–Trinajstić information content (AvgIpc) is 2.49. The maximum Gasteiger partial charge on any atom is 0.142 e. The zero-order chi connectivity index (χ0) is 15.4. The summed E-state index contributed by atoms with van der Waals surface area (Å²) in [6, 6.07) is 10.5. The normalized spacial score (nSPS) is 12.2. The largest absolute Gasteiger partial charge is 0.497 e. The van der Waals surface area contributed by atoms with E-state index in [1.54, 1.807) is 25.3 Å². The third-order valence-electron chi connectivity index (χ3n) is 3.23. The molecule has 0 aliphatic carbocycles. The third-order valence-corrected chi connectivity index (χ3v) is 4.62. The molecule has 6 heteroatoms. The van der Waals surface area contributed by atoms with Crippen LogP contribution in [-0.2, 0) is 6.42 Å². The fraction of sp³-hybridized carbons (Fsp3) is 0.200. The standard InChI is InChI=1S/C15H15Br2FN2O/c1-21-10-5-6-12(16)9(7-10)8-14(20-19)11-3-2-4-13(17)15(11)18/h2-7,14,20H,8,19H2,1H3. The van der Waals surface area contributed by atoms with Gasteiger partial charge in [0.2, 0.25) is 0 Å². The van der Waals surface area contributed by atoms with Gasteiger partial charge in [-0.2, -0.15) is 0 Å². The lowest BCUT2D eigenvalue weighted by Crippen LogP contribution is -2.30. The molecular formula is C15H15Br2FN2O. The molecular weight excluding hydrogens is 403 g/mol. The molecule has 3 nitrogen and oxygen atoms in total. The molecule has 112 valence electrons. The van der Waals surface area contributed by atoms with E-state index < -0.39 is 0 Å². The molecule has 0 saturated carbocycles. The van der Waals surface area contributed by atoms with E-state index in [0.29, 0.717) is 16.5 Å². The summed E-state index contributed by atoms with van der Waals surface area (Å²) in [7, 11) is 1.61. The van der Waals surface area contributed by atoms with Gasteiger partial charge in [-0.1, -0.05) is 28.1 Å².